The Bertz CT molecular complexity index is 441. The fraction of sp³-hybridized carbons (Fsp3) is 0.647. The highest BCUT2D eigenvalue weighted by atomic mass is 79.9. The summed E-state index contributed by atoms with van der Waals surface area (Å²) in [5, 5.41) is 3.47. The lowest BCUT2D eigenvalue weighted by molar-refractivity contribution is 0.595. The minimum atomic E-state index is 0.388. The molecule has 0 spiro atoms. The molecule has 112 valence electrons. The van der Waals surface area contributed by atoms with Crippen molar-refractivity contribution in [1.82, 2.24) is 5.32 Å². The van der Waals surface area contributed by atoms with Crippen molar-refractivity contribution in [1.29, 1.82) is 0 Å². The third-order valence-corrected chi connectivity index (χ3v) is 4.75. The Morgan fingerprint density at radius 2 is 2.00 bits per heavy atom. The molecular formula is C17H27BrN2. The molecule has 0 amide bonds. The second kappa shape index (κ2) is 6.95. The van der Waals surface area contributed by atoms with Gasteiger partial charge in [-0.1, -0.05) is 28.9 Å². The quantitative estimate of drug-likeness (QED) is 0.772. The van der Waals surface area contributed by atoms with E-state index in [0.717, 1.165) is 12.5 Å². The van der Waals surface area contributed by atoms with Gasteiger partial charge in [0.25, 0.3) is 0 Å². The molecule has 2 nitrogen and oxygen atoms in total. The summed E-state index contributed by atoms with van der Waals surface area (Å²) in [6.07, 6.45) is 2.81. The first-order chi connectivity index (χ1) is 9.52. The van der Waals surface area contributed by atoms with Crippen LogP contribution in [0.5, 0.6) is 0 Å². The fourth-order valence-electron chi connectivity index (χ4n) is 2.65. The molecule has 1 N–H and O–H groups in total. The van der Waals surface area contributed by atoms with E-state index in [1.807, 2.05) is 0 Å². The van der Waals surface area contributed by atoms with E-state index >= 15 is 0 Å². The molecule has 1 atom stereocenters. The van der Waals surface area contributed by atoms with Crippen LogP contribution in [0.25, 0.3) is 0 Å². The van der Waals surface area contributed by atoms with E-state index in [-0.39, 0.29) is 0 Å². The molecule has 1 aromatic carbocycles. The van der Waals surface area contributed by atoms with Crippen molar-refractivity contribution in [2.45, 2.75) is 52.6 Å². The van der Waals surface area contributed by atoms with Crippen molar-refractivity contribution < 1.29 is 0 Å². The first kappa shape index (κ1) is 15.8. The van der Waals surface area contributed by atoms with Gasteiger partial charge in [0.2, 0.25) is 0 Å². The molecule has 1 aromatic rings. The normalized spacial score (nSPS) is 16.5. The Kier molecular flexibility index (Phi) is 5.50. The first-order valence-corrected chi connectivity index (χ1v) is 8.61. The van der Waals surface area contributed by atoms with Crippen molar-refractivity contribution in [3.8, 4) is 0 Å². The Labute approximate surface area is 132 Å². The maximum atomic E-state index is 3.75. The highest BCUT2D eigenvalue weighted by Crippen LogP contribution is 2.34. The molecular weight excluding hydrogens is 312 g/mol. The SMILES string of the molecule is CCNC(C)c1ccc(N(CC2CC2)C(C)C)cc1Br. The number of nitrogens with zero attached hydrogens (tertiary/aromatic N) is 1. The molecule has 0 saturated heterocycles. The van der Waals surface area contributed by atoms with Crippen LogP contribution >= 0.6 is 15.9 Å². The molecule has 1 unspecified atom stereocenters. The van der Waals surface area contributed by atoms with E-state index in [9.17, 15) is 0 Å². The average molecular weight is 339 g/mol. The Balaban J connectivity index is 2.17. The van der Waals surface area contributed by atoms with Crippen molar-refractivity contribution >= 4 is 21.6 Å². The van der Waals surface area contributed by atoms with Crippen LogP contribution < -0.4 is 10.2 Å². The van der Waals surface area contributed by atoms with Crippen LogP contribution in [-0.4, -0.2) is 19.1 Å². The Morgan fingerprint density at radius 3 is 2.50 bits per heavy atom. The predicted octanol–water partition coefficient (Wildman–Crippen LogP) is 4.74. The minimum Gasteiger partial charge on any atom is -0.369 e. The van der Waals surface area contributed by atoms with E-state index in [0.29, 0.717) is 12.1 Å². The zero-order chi connectivity index (χ0) is 14.7. The van der Waals surface area contributed by atoms with Crippen molar-refractivity contribution in [3.63, 3.8) is 0 Å². The average Bonchev–Trinajstić information content (AvgIpc) is 3.19. The molecule has 20 heavy (non-hydrogen) atoms. The van der Waals surface area contributed by atoms with Gasteiger partial charge in [-0.2, -0.15) is 0 Å². The maximum absolute atomic E-state index is 3.75. The second-order valence-electron chi connectivity index (χ2n) is 6.17. The summed E-state index contributed by atoms with van der Waals surface area (Å²) in [4.78, 5) is 2.53. The monoisotopic (exact) mass is 338 g/mol. The Hall–Kier alpha value is -0.540. The minimum absolute atomic E-state index is 0.388. The third kappa shape index (κ3) is 3.98. The fourth-order valence-corrected chi connectivity index (χ4v) is 3.37. The van der Waals surface area contributed by atoms with Gasteiger partial charge in [0.05, 0.1) is 0 Å². The van der Waals surface area contributed by atoms with Gasteiger partial charge < -0.3 is 10.2 Å². The van der Waals surface area contributed by atoms with Crippen LogP contribution in [0.3, 0.4) is 0 Å². The summed E-state index contributed by atoms with van der Waals surface area (Å²) in [5.74, 6) is 0.913. The zero-order valence-electron chi connectivity index (χ0n) is 13.1. The van der Waals surface area contributed by atoms with Gasteiger partial charge in [0, 0.05) is 28.8 Å². The molecule has 0 bridgehead atoms. The summed E-state index contributed by atoms with van der Waals surface area (Å²) in [5.41, 5.74) is 2.68. The number of nitrogens with one attached hydrogen (secondary N) is 1. The highest BCUT2D eigenvalue weighted by Gasteiger charge is 2.26. The van der Waals surface area contributed by atoms with E-state index in [2.05, 4.69) is 72.0 Å². The molecule has 0 heterocycles. The van der Waals surface area contributed by atoms with Crippen LogP contribution in [0.4, 0.5) is 5.69 Å². The first-order valence-electron chi connectivity index (χ1n) is 7.82. The molecule has 2 rings (SSSR count). The van der Waals surface area contributed by atoms with E-state index in [1.54, 1.807) is 0 Å². The number of benzene rings is 1. The molecule has 0 aromatic heterocycles. The van der Waals surface area contributed by atoms with Gasteiger partial charge in [0.15, 0.2) is 0 Å². The molecule has 0 radical (unpaired) electrons. The molecule has 3 heteroatoms. The largest absolute Gasteiger partial charge is 0.369 e. The van der Waals surface area contributed by atoms with Crippen LogP contribution in [0, 0.1) is 5.92 Å². The van der Waals surface area contributed by atoms with Gasteiger partial charge in [-0.3, -0.25) is 0 Å². The standard InChI is InChI=1S/C17H27BrN2/c1-5-19-13(4)16-9-8-15(10-17(16)18)20(12(2)3)11-14-6-7-14/h8-10,12-14,19H,5-7,11H2,1-4H3. The predicted molar refractivity (Wildman–Crippen MR) is 91.4 cm³/mol. The zero-order valence-corrected chi connectivity index (χ0v) is 14.7. The van der Waals surface area contributed by atoms with Gasteiger partial charge in [-0.15, -0.1) is 0 Å². The maximum Gasteiger partial charge on any atom is 0.0380 e. The summed E-state index contributed by atoms with van der Waals surface area (Å²) in [7, 11) is 0. The molecule has 1 fully saturated rings. The molecule has 1 saturated carbocycles. The number of hydrogen-bond donors (Lipinski definition) is 1. The topological polar surface area (TPSA) is 15.3 Å². The number of hydrogen-bond acceptors (Lipinski definition) is 2. The van der Waals surface area contributed by atoms with E-state index in [1.165, 1.54) is 35.1 Å². The summed E-state index contributed by atoms with van der Waals surface area (Å²) >= 11 is 3.75. The number of anilines is 1. The van der Waals surface area contributed by atoms with E-state index < -0.39 is 0 Å². The molecule has 1 aliphatic rings. The van der Waals surface area contributed by atoms with Gasteiger partial charge in [-0.05, 0) is 63.8 Å². The molecule has 0 aliphatic heterocycles. The van der Waals surface area contributed by atoms with Crippen LogP contribution in [0.15, 0.2) is 22.7 Å². The molecule has 1 aliphatic carbocycles. The lowest BCUT2D eigenvalue weighted by Crippen LogP contribution is -2.32. The highest BCUT2D eigenvalue weighted by molar-refractivity contribution is 9.10. The van der Waals surface area contributed by atoms with E-state index in [4.69, 9.17) is 0 Å². The summed E-state index contributed by atoms with van der Waals surface area (Å²) in [6.45, 7) is 11.1. The van der Waals surface area contributed by atoms with Gasteiger partial charge in [-0.25, -0.2) is 0 Å². The second-order valence-corrected chi connectivity index (χ2v) is 7.03. The Morgan fingerprint density at radius 1 is 1.30 bits per heavy atom. The van der Waals surface area contributed by atoms with Gasteiger partial charge >= 0.3 is 0 Å². The summed E-state index contributed by atoms with van der Waals surface area (Å²) < 4.78 is 1.21. The van der Waals surface area contributed by atoms with Crippen molar-refractivity contribution in [2.24, 2.45) is 5.92 Å². The lowest BCUT2D eigenvalue weighted by Gasteiger charge is -2.30. The van der Waals surface area contributed by atoms with Crippen LogP contribution in [-0.2, 0) is 0 Å². The van der Waals surface area contributed by atoms with Gasteiger partial charge in [0.1, 0.15) is 0 Å². The van der Waals surface area contributed by atoms with Crippen molar-refractivity contribution in [2.75, 3.05) is 18.0 Å². The third-order valence-electron chi connectivity index (χ3n) is 4.07. The van der Waals surface area contributed by atoms with Crippen LogP contribution in [0.2, 0.25) is 0 Å². The lowest BCUT2D eigenvalue weighted by atomic mass is 10.1. The van der Waals surface area contributed by atoms with Crippen molar-refractivity contribution in [3.05, 3.63) is 28.2 Å². The van der Waals surface area contributed by atoms with Crippen LogP contribution in [0.1, 0.15) is 52.1 Å². The summed E-state index contributed by atoms with van der Waals surface area (Å²) in [6, 6.07) is 7.76. The number of rotatable bonds is 7. The smallest absolute Gasteiger partial charge is 0.0380 e. The number of halogens is 1.